The minimum absolute atomic E-state index is 0.221. The fourth-order valence-electron chi connectivity index (χ4n) is 1.63. The van der Waals surface area contributed by atoms with Gasteiger partial charge in [0.25, 0.3) is 0 Å². The maximum Gasteiger partial charge on any atom is 0.119 e. The third kappa shape index (κ3) is 3.47. The molecule has 1 atom stereocenters. The molecule has 0 aliphatic rings. The van der Waals surface area contributed by atoms with Crippen LogP contribution in [0.2, 0.25) is 0 Å². The zero-order chi connectivity index (χ0) is 12.8. The van der Waals surface area contributed by atoms with Crippen LogP contribution in [0.5, 0.6) is 5.75 Å². The summed E-state index contributed by atoms with van der Waals surface area (Å²) in [6, 6.07) is 8.28. The van der Waals surface area contributed by atoms with Gasteiger partial charge in [-0.1, -0.05) is 6.92 Å². The van der Waals surface area contributed by atoms with Crippen molar-refractivity contribution in [3.63, 3.8) is 0 Å². The summed E-state index contributed by atoms with van der Waals surface area (Å²) in [7, 11) is 0. The highest BCUT2D eigenvalue weighted by Crippen LogP contribution is 2.21. The van der Waals surface area contributed by atoms with E-state index in [-0.39, 0.29) is 6.04 Å². The number of thiazole rings is 1. The molecule has 0 saturated carbocycles. The first-order chi connectivity index (χ1) is 8.79. The van der Waals surface area contributed by atoms with Crippen LogP contribution in [0.3, 0.4) is 0 Å². The highest BCUT2D eigenvalue weighted by molar-refractivity contribution is 7.07. The second kappa shape index (κ2) is 6.40. The lowest BCUT2D eigenvalue weighted by Gasteiger charge is -2.13. The Kier molecular flexibility index (Phi) is 4.59. The molecule has 96 valence electrons. The first-order valence-electron chi connectivity index (χ1n) is 6.17. The zero-order valence-electron chi connectivity index (χ0n) is 10.7. The number of ether oxygens (including phenoxy) is 1. The highest BCUT2D eigenvalue weighted by Gasteiger charge is 2.06. The molecule has 1 N–H and O–H groups in total. The number of aromatic nitrogens is 1. The molecule has 0 fully saturated rings. The van der Waals surface area contributed by atoms with Crippen LogP contribution in [0.1, 0.15) is 32.0 Å². The Balaban J connectivity index is 1.93. The molecule has 1 heterocycles. The smallest absolute Gasteiger partial charge is 0.119 e. The van der Waals surface area contributed by atoms with Gasteiger partial charge in [-0.3, -0.25) is 0 Å². The average Bonchev–Trinajstić information content (AvgIpc) is 2.92. The van der Waals surface area contributed by atoms with Gasteiger partial charge in [-0.2, -0.15) is 0 Å². The molecular formula is C14H18N2OS. The average molecular weight is 262 g/mol. The largest absolute Gasteiger partial charge is 0.494 e. The van der Waals surface area contributed by atoms with Crippen molar-refractivity contribution in [2.45, 2.75) is 26.3 Å². The van der Waals surface area contributed by atoms with Gasteiger partial charge >= 0.3 is 0 Å². The van der Waals surface area contributed by atoms with Crippen LogP contribution in [-0.4, -0.2) is 11.6 Å². The van der Waals surface area contributed by atoms with E-state index in [9.17, 15) is 0 Å². The summed E-state index contributed by atoms with van der Waals surface area (Å²) < 4.78 is 5.55. The highest BCUT2D eigenvalue weighted by atomic mass is 32.1. The monoisotopic (exact) mass is 262 g/mol. The van der Waals surface area contributed by atoms with Crippen molar-refractivity contribution < 1.29 is 4.74 Å². The number of rotatable bonds is 6. The molecule has 3 nitrogen and oxygen atoms in total. The maximum absolute atomic E-state index is 5.55. The van der Waals surface area contributed by atoms with Gasteiger partial charge in [-0.15, -0.1) is 11.3 Å². The molecule has 4 heteroatoms. The SMILES string of the molecule is CCCOc1ccc(NC(C)c2cscn2)cc1. The molecular weight excluding hydrogens is 244 g/mol. The topological polar surface area (TPSA) is 34.1 Å². The van der Waals surface area contributed by atoms with Crippen molar-refractivity contribution >= 4 is 17.0 Å². The van der Waals surface area contributed by atoms with Gasteiger partial charge in [0, 0.05) is 11.1 Å². The molecule has 0 spiro atoms. The summed E-state index contributed by atoms with van der Waals surface area (Å²) >= 11 is 1.62. The molecule has 1 unspecified atom stereocenters. The second-order valence-electron chi connectivity index (χ2n) is 4.15. The van der Waals surface area contributed by atoms with E-state index in [0.29, 0.717) is 0 Å². The van der Waals surface area contributed by atoms with Crippen LogP contribution in [0.4, 0.5) is 5.69 Å². The summed E-state index contributed by atoms with van der Waals surface area (Å²) in [5.74, 6) is 0.920. The third-order valence-electron chi connectivity index (χ3n) is 2.61. The van der Waals surface area contributed by atoms with E-state index in [1.165, 1.54) is 0 Å². The molecule has 1 aromatic carbocycles. The molecule has 0 amide bonds. The van der Waals surface area contributed by atoms with E-state index in [1.807, 2.05) is 29.8 Å². The Morgan fingerprint density at radius 3 is 2.72 bits per heavy atom. The van der Waals surface area contributed by atoms with E-state index in [1.54, 1.807) is 11.3 Å². The number of nitrogens with one attached hydrogen (secondary N) is 1. The van der Waals surface area contributed by atoms with Crippen molar-refractivity contribution in [2.24, 2.45) is 0 Å². The van der Waals surface area contributed by atoms with Gasteiger partial charge in [0.05, 0.1) is 23.9 Å². The Morgan fingerprint density at radius 1 is 1.33 bits per heavy atom. The van der Waals surface area contributed by atoms with Crippen LogP contribution in [0.25, 0.3) is 0 Å². The van der Waals surface area contributed by atoms with Crippen LogP contribution in [0.15, 0.2) is 35.2 Å². The molecule has 18 heavy (non-hydrogen) atoms. The van der Waals surface area contributed by atoms with Crippen LogP contribution in [0, 0.1) is 0 Å². The van der Waals surface area contributed by atoms with E-state index >= 15 is 0 Å². The van der Waals surface area contributed by atoms with Crippen molar-refractivity contribution in [3.05, 3.63) is 40.8 Å². The van der Waals surface area contributed by atoms with Crippen LogP contribution >= 0.6 is 11.3 Å². The Hall–Kier alpha value is -1.55. The summed E-state index contributed by atoms with van der Waals surface area (Å²) in [5.41, 5.74) is 4.01. The van der Waals surface area contributed by atoms with E-state index in [2.05, 4.69) is 29.5 Å². The van der Waals surface area contributed by atoms with Crippen LogP contribution < -0.4 is 10.1 Å². The molecule has 1 aromatic heterocycles. The molecule has 0 aliphatic heterocycles. The standard InChI is InChI=1S/C14H18N2OS/c1-3-8-17-13-6-4-12(5-7-13)16-11(2)14-9-18-10-15-14/h4-7,9-11,16H,3,8H2,1-2H3. The summed E-state index contributed by atoms with van der Waals surface area (Å²) in [5, 5.41) is 5.48. The first-order valence-corrected chi connectivity index (χ1v) is 7.11. The molecule has 2 rings (SSSR count). The van der Waals surface area contributed by atoms with Crippen LogP contribution in [-0.2, 0) is 0 Å². The van der Waals surface area contributed by atoms with E-state index in [0.717, 1.165) is 30.2 Å². The lowest BCUT2D eigenvalue weighted by Crippen LogP contribution is -2.06. The predicted octanol–water partition coefficient (Wildman–Crippen LogP) is 4.11. The van der Waals surface area contributed by atoms with Crippen molar-refractivity contribution in [1.82, 2.24) is 4.98 Å². The Morgan fingerprint density at radius 2 is 2.11 bits per heavy atom. The van der Waals surface area contributed by atoms with Gasteiger partial charge in [0.15, 0.2) is 0 Å². The summed E-state index contributed by atoms with van der Waals surface area (Å²) in [6.07, 6.45) is 1.03. The number of benzene rings is 1. The van der Waals surface area contributed by atoms with Crippen molar-refractivity contribution in [1.29, 1.82) is 0 Å². The minimum atomic E-state index is 0.221. The maximum atomic E-state index is 5.55. The predicted molar refractivity (Wildman–Crippen MR) is 76.4 cm³/mol. The Bertz CT molecular complexity index is 453. The van der Waals surface area contributed by atoms with Gasteiger partial charge < -0.3 is 10.1 Å². The number of nitrogens with zero attached hydrogens (tertiary/aromatic N) is 1. The molecule has 2 aromatic rings. The van der Waals surface area contributed by atoms with Gasteiger partial charge in [-0.05, 0) is 37.6 Å². The van der Waals surface area contributed by atoms with Crippen molar-refractivity contribution in [3.8, 4) is 5.75 Å². The van der Waals surface area contributed by atoms with Gasteiger partial charge in [0.2, 0.25) is 0 Å². The number of anilines is 1. The second-order valence-corrected chi connectivity index (χ2v) is 4.87. The first kappa shape index (κ1) is 12.9. The van der Waals surface area contributed by atoms with Crippen molar-refractivity contribution in [2.75, 3.05) is 11.9 Å². The normalized spacial score (nSPS) is 12.1. The minimum Gasteiger partial charge on any atom is -0.494 e. The third-order valence-corrected chi connectivity index (χ3v) is 3.21. The lowest BCUT2D eigenvalue weighted by atomic mass is 10.2. The molecule has 0 bridgehead atoms. The molecule has 0 saturated heterocycles. The molecule has 0 radical (unpaired) electrons. The molecule has 0 aliphatic carbocycles. The number of hydrogen-bond donors (Lipinski definition) is 1. The van der Waals surface area contributed by atoms with E-state index < -0.39 is 0 Å². The summed E-state index contributed by atoms with van der Waals surface area (Å²) in [6.45, 7) is 4.98. The van der Waals surface area contributed by atoms with Gasteiger partial charge in [0.1, 0.15) is 5.75 Å². The summed E-state index contributed by atoms with van der Waals surface area (Å²) in [4.78, 5) is 4.30. The van der Waals surface area contributed by atoms with Gasteiger partial charge in [-0.25, -0.2) is 4.98 Å². The number of hydrogen-bond acceptors (Lipinski definition) is 4. The Labute approximate surface area is 112 Å². The quantitative estimate of drug-likeness (QED) is 0.851. The fourth-order valence-corrected chi connectivity index (χ4v) is 2.27. The lowest BCUT2D eigenvalue weighted by molar-refractivity contribution is 0.317. The van der Waals surface area contributed by atoms with E-state index in [4.69, 9.17) is 4.74 Å². The fraction of sp³-hybridized carbons (Fsp3) is 0.357. The zero-order valence-corrected chi connectivity index (χ0v) is 11.5.